The average molecular weight is 700 g/mol. The molecule has 1 aliphatic rings. The molecule has 0 radical (unpaired) electrons. The number of anilines is 4. The number of para-hydroxylation sites is 2. The quantitative estimate of drug-likeness (QED) is 0.188. The van der Waals surface area contributed by atoms with Crippen LogP contribution < -0.4 is 15.5 Å². The van der Waals surface area contributed by atoms with Crippen molar-refractivity contribution in [3.8, 4) is 0 Å². The van der Waals surface area contributed by atoms with Gasteiger partial charge in [-0.1, -0.05) is 127 Å². The number of hydrogen-bond acceptors (Lipinski definition) is 5. The van der Waals surface area contributed by atoms with Crippen molar-refractivity contribution in [2.45, 2.75) is 12.2 Å². The third-order valence-corrected chi connectivity index (χ3v) is 11.9. The lowest BCUT2D eigenvalue weighted by Gasteiger charge is -2.36. The van der Waals surface area contributed by atoms with Crippen molar-refractivity contribution in [2.75, 3.05) is 10.2 Å². The number of nitrogens with zero attached hydrogens (tertiary/aromatic N) is 1. The number of fused-ring (bicyclic) bond motifs is 8. The zero-order chi connectivity index (χ0) is 34.9. The molecule has 8 aromatic carbocycles. The molecule has 0 saturated carbocycles. The Morgan fingerprint density at radius 1 is 0.528 bits per heavy atom. The van der Waals surface area contributed by atoms with Crippen LogP contribution >= 0.6 is 11.3 Å². The number of furan rings is 1. The molecule has 2 atom stereocenters. The molecule has 0 amide bonds. The van der Waals surface area contributed by atoms with Gasteiger partial charge in [0.1, 0.15) is 11.7 Å². The summed E-state index contributed by atoms with van der Waals surface area (Å²) in [6.45, 7) is 0. The Morgan fingerprint density at radius 2 is 1.25 bits per heavy atom. The van der Waals surface area contributed by atoms with Crippen molar-refractivity contribution >= 4 is 87.0 Å². The summed E-state index contributed by atoms with van der Waals surface area (Å²) in [7, 11) is 0. The van der Waals surface area contributed by atoms with E-state index < -0.39 is 0 Å². The molecule has 5 heteroatoms. The Balaban J connectivity index is 1.14. The summed E-state index contributed by atoms with van der Waals surface area (Å²) in [6, 6.07) is 63.2. The maximum Gasteiger partial charge on any atom is 0.159 e. The van der Waals surface area contributed by atoms with E-state index in [0.717, 1.165) is 50.3 Å². The maximum atomic E-state index is 6.95. The lowest BCUT2D eigenvalue weighted by atomic mass is 9.92. The number of thiophene rings is 1. The standard InChI is InChI=1S/C48H33N3OS/c1-2-13-31(14-3-1)46-37-17-6-9-19-40(37)49-48(50-46)39-26-27-41(47-45(39)38-18-7-10-20-42(38)52-47)51(33-23-22-30-12-4-5-15-32(30)28-33)34-24-25-36-35-16-8-11-21-43(35)53-44(36)29-34/h1-29,46,48-50H. The van der Waals surface area contributed by atoms with Gasteiger partial charge in [0, 0.05) is 53.6 Å². The van der Waals surface area contributed by atoms with E-state index >= 15 is 0 Å². The van der Waals surface area contributed by atoms with Gasteiger partial charge in [-0.05, 0) is 70.4 Å². The van der Waals surface area contributed by atoms with Gasteiger partial charge in [-0.15, -0.1) is 11.3 Å². The predicted molar refractivity (Wildman–Crippen MR) is 223 cm³/mol. The molecular weight excluding hydrogens is 667 g/mol. The summed E-state index contributed by atoms with van der Waals surface area (Å²) in [4.78, 5) is 2.37. The smallest absolute Gasteiger partial charge is 0.159 e. The SMILES string of the molecule is c1ccc(C2NC(c3ccc(N(c4ccc5ccccc5c4)c4ccc5c(c4)sc4ccccc45)c4oc5ccccc5c34)Nc3ccccc32)cc1. The maximum absolute atomic E-state index is 6.95. The fourth-order valence-corrected chi connectivity index (χ4v) is 9.42. The molecule has 11 rings (SSSR count). The van der Waals surface area contributed by atoms with Gasteiger partial charge in [-0.3, -0.25) is 5.32 Å². The molecule has 0 aliphatic carbocycles. The first kappa shape index (κ1) is 30.2. The van der Waals surface area contributed by atoms with Crippen molar-refractivity contribution in [3.63, 3.8) is 0 Å². The highest BCUT2D eigenvalue weighted by atomic mass is 32.1. The summed E-state index contributed by atoms with van der Waals surface area (Å²) in [5, 5.41) is 15.0. The fraction of sp³-hybridized carbons (Fsp3) is 0.0417. The van der Waals surface area contributed by atoms with E-state index in [-0.39, 0.29) is 12.2 Å². The second-order valence-corrected chi connectivity index (χ2v) is 14.9. The summed E-state index contributed by atoms with van der Waals surface area (Å²) < 4.78 is 9.50. The van der Waals surface area contributed by atoms with Crippen LogP contribution in [0.15, 0.2) is 180 Å². The van der Waals surface area contributed by atoms with Crippen LogP contribution in [0.1, 0.15) is 28.9 Å². The van der Waals surface area contributed by atoms with Crippen molar-refractivity contribution in [1.29, 1.82) is 0 Å². The van der Waals surface area contributed by atoms with Crippen LogP contribution in [0.2, 0.25) is 0 Å². The van der Waals surface area contributed by atoms with E-state index in [2.05, 4.69) is 191 Å². The van der Waals surface area contributed by atoms with Gasteiger partial charge in [-0.25, -0.2) is 0 Å². The summed E-state index contributed by atoms with van der Waals surface area (Å²) in [5.74, 6) is 0. The predicted octanol–water partition coefficient (Wildman–Crippen LogP) is 13.4. The van der Waals surface area contributed by atoms with Gasteiger partial charge in [0.25, 0.3) is 0 Å². The molecular formula is C48H33N3OS. The van der Waals surface area contributed by atoms with Crippen molar-refractivity contribution in [2.24, 2.45) is 0 Å². The van der Waals surface area contributed by atoms with Gasteiger partial charge in [0.15, 0.2) is 5.58 Å². The van der Waals surface area contributed by atoms with Gasteiger partial charge in [-0.2, -0.15) is 0 Å². The van der Waals surface area contributed by atoms with Crippen LogP contribution in [0.3, 0.4) is 0 Å². The third-order valence-electron chi connectivity index (χ3n) is 10.7. The zero-order valence-electron chi connectivity index (χ0n) is 28.7. The van der Waals surface area contributed by atoms with Gasteiger partial charge < -0.3 is 14.6 Å². The largest absolute Gasteiger partial charge is 0.454 e. The highest BCUT2D eigenvalue weighted by Crippen LogP contribution is 2.48. The van der Waals surface area contributed by atoms with Crippen molar-refractivity contribution < 1.29 is 4.42 Å². The zero-order valence-corrected chi connectivity index (χ0v) is 29.5. The normalized spacial score (nSPS) is 15.6. The lowest BCUT2D eigenvalue weighted by Crippen LogP contribution is -2.37. The van der Waals surface area contributed by atoms with Crippen LogP contribution in [-0.2, 0) is 0 Å². The molecule has 4 nitrogen and oxygen atoms in total. The van der Waals surface area contributed by atoms with E-state index in [1.807, 2.05) is 11.3 Å². The summed E-state index contributed by atoms with van der Waals surface area (Å²) >= 11 is 1.84. The molecule has 3 heterocycles. The Kier molecular flexibility index (Phi) is 6.90. The van der Waals surface area contributed by atoms with Gasteiger partial charge in [0.05, 0.1) is 11.7 Å². The van der Waals surface area contributed by atoms with E-state index in [1.54, 1.807) is 0 Å². The molecule has 10 aromatic rings. The van der Waals surface area contributed by atoms with E-state index in [4.69, 9.17) is 4.42 Å². The van der Waals surface area contributed by atoms with Crippen LogP contribution in [0.4, 0.5) is 22.7 Å². The lowest BCUT2D eigenvalue weighted by molar-refractivity contribution is 0.508. The van der Waals surface area contributed by atoms with Crippen LogP contribution in [0.25, 0.3) is 52.9 Å². The second-order valence-electron chi connectivity index (χ2n) is 13.8. The summed E-state index contributed by atoms with van der Waals surface area (Å²) in [6.07, 6.45) is -0.170. The molecule has 0 spiro atoms. The Morgan fingerprint density at radius 3 is 2.17 bits per heavy atom. The van der Waals surface area contributed by atoms with Gasteiger partial charge >= 0.3 is 0 Å². The topological polar surface area (TPSA) is 40.4 Å². The average Bonchev–Trinajstić information content (AvgIpc) is 3.80. The fourth-order valence-electron chi connectivity index (χ4n) is 8.28. The minimum atomic E-state index is -0.170. The second kappa shape index (κ2) is 12.1. The highest BCUT2D eigenvalue weighted by molar-refractivity contribution is 7.25. The molecule has 2 unspecified atom stereocenters. The first-order chi connectivity index (χ1) is 26.3. The van der Waals surface area contributed by atoms with Crippen LogP contribution in [-0.4, -0.2) is 0 Å². The minimum Gasteiger partial charge on any atom is -0.454 e. The Labute approximate surface area is 310 Å². The molecule has 0 saturated heterocycles. The molecule has 0 fully saturated rings. The first-order valence-electron chi connectivity index (χ1n) is 18.1. The van der Waals surface area contributed by atoms with E-state index in [1.165, 1.54) is 42.1 Å². The Bertz CT molecular complexity index is 3000. The molecule has 1 aliphatic heterocycles. The minimum absolute atomic E-state index is 0.0219. The molecule has 2 N–H and O–H groups in total. The van der Waals surface area contributed by atoms with E-state index in [0.29, 0.717) is 0 Å². The highest BCUT2D eigenvalue weighted by Gasteiger charge is 2.31. The third kappa shape index (κ3) is 4.93. The van der Waals surface area contributed by atoms with Crippen molar-refractivity contribution in [1.82, 2.24) is 5.32 Å². The number of benzene rings is 8. The van der Waals surface area contributed by atoms with Crippen molar-refractivity contribution in [3.05, 3.63) is 193 Å². The molecule has 0 bridgehead atoms. The molecule has 2 aromatic heterocycles. The molecule has 53 heavy (non-hydrogen) atoms. The monoisotopic (exact) mass is 699 g/mol. The molecule has 252 valence electrons. The summed E-state index contributed by atoms with van der Waals surface area (Å²) in [5.41, 5.74) is 9.61. The van der Waals surface area contributed by atoms with Crippen LogP contribution in [0, 0.1) is 0 Å². The number of hydrogen-bond donors (Lipinski definition) is 2. The number of rotatable bonds is 5. The Hall–Kier alpha value is -6.40. The van der Waals surface area contributed by atoms with E-state index in [9.17, 15) is 0 Å². The number of nitrogens with one attached hydrogen (secondary N) is 2. The van der Waals surface area contributed by atoms with Crippen LogP contribution in [0.5, 0.6) is 0 Å². The van der Waals surface area contributed by atoms with Gasteiger partial charge in [0.2, 0.25) is 0 Å². The first-order valence-corrected chi connectivity index (χ1v) is 18.9.